The lowest BCUT2D eigenvalue weighted by Gasteiger charge is -2.28. The Hall–Kier alpha value is -2.66. The van der Waals surface area contributed by atoms with Crippen LogP contribution in [0.2, 0.25) is 0 Å². The van der Waals surface area contributed by atoms with Crippen LogP contribution in [0.4, 0.5) is 5.69 Å². The summed E-state index contributed by atoms with van der Waals surface area (Å²) in [6.45, 7) is 3.92. The van der Waals surface area contributed by atoms with E-state index in [-0.39, 0.29) is 5.91 Å². The number of morpholine rings is 1. The summed E-state index contributed by atoms with van der Waals surface area (Å²) in [7, 11) is 0. The molecule has 2 aromatic rings. The molecule has 0 unspecified atom stereocenters. The maximum Gasteiger partial charge on any atom is 0.244 e. The molecule has 1 aliphatic rings. The highest BCUT2D eigenvalue weighted by Gasteiger charge is 2.10. The first-order valence-electron chi connectivity index (χ1n) is 8.09. The van der Waals surface area contributed by atoms with Gasteiger partial charge in [0.05, 0.1) is 13.2 Å². The SMILES string of the molecule is O=C(C=Cc1cccnc1)NCc1ccc(N2CCOCC2)cc1. The molecule has 1 N–H and O–H groups in total. The number of ether oxygens (including phenoxy) is 1. The van der Waals surface area contributed by atoms with Gasteiger partial charge in [-0.25, -0.2) is 0 Å². The third-order valence-corrected chi connectivity index (χ3v) is 3.89. The van der Waals surface area contributed by atoms with Crippen molar-refractivity contribution in [3.63, 3.8) is 0 Å². The van der Waals surface area contributed by atoms with Crippen LogP contribution in [0.1, 0.15) is 11.1 Å². The molecule has 1 amide bonds. The summed E-state index contributed by atoms with van der Waals surface area (Å²) in [5.74, 6) is -0.115. The quantitative estimate of drug-likeness (QED) is 0.858. The van der Waals surface area contributed by atoms with Gasteiger partial charge in [-0.1, -0.05) is 18.2 Å². The summed E-state index contributed by atoms with van der Waals surface area (Å²) in [6.07, 6.45) is 6.70. The predicted octanol–water partition coefficient (Wildman–Crippen LogP) is 2.25. The molecular formula is C19H21N3O2. The molecule has 0 radical (unpaired) electrons. The fourth-order valence-corrected chi connectivity index (χ4v) is 2.54. The second kappa shape index (κ2) is 8.26. The van der Waals surface area contributed by atoms with Crippen LogP contribution in [0.5, 0.6) is 0 Å². The van der Waals surface area contributed by atoms with Gasteiger partial charge in [0, 0.05) is 43.8 Å². The smallest absolute Gasteiger partial charge is 0.244 e. The maximum absolute atomic E-state index is 11.9. The average molecular weight is 323 g/mol. The van der Waals surface area contributed by atoms with Gasteiger partial charge in [-0.3, -0.25) is 9.78 Å². The minimum Gasteiger partial charge on any atom is -0.378 e. The van der Waals surface area contributed by atoms with Gasteiger partial charge in [0.25, 0.3) is 0 Å². The molecule has 0 bridgehead atoms. The summed E-state index contributed by atoms with van der Waals surface area (Å²) in [4.78, 5) is 18.2. The van der Waals surface area contributed by atoms with Crippen LogP contribution in [-0.2, 0) is 16.1 Å². The fourth-order valence-electron chi connectivity index (χ4n) is 2.54. The lowest BCUT2D eigenvalue weighted by Crippen LogP contribution is -2.36. The van der Waals surface area contributed by atoms with Crippen molar-refractivity contribution in [3.05, 3.63) is 66.0 Å². The number of rotatable bonds is 5. The highest BCUT2D eigenvalue weighted by molar-refractivity contribution is 5.91. The predicted molar refractivity (Wildman–Crippen MR) is 94.6 cm³/mol. The van der Waals surface area contributed by atoms with E-state index in [1.165, 1.54) is 11.8 Å². The van der Waals surface area contributed by atoms with Gasteiger partial charge in [-0.05, 0) is 35.4 Å². The van der Waals surface area contributed by atoms with Gasteiger partial charge in [-0.15, -0.1) is 0 Å². The van der Waals surface area contributed by atoms with Crippen molar-refractivity contribution in [2.75, 3.05) is 31.2 Å². The largest absolute Gasteiger partial charge is 0.378 e. The van der Waals surface area contributed by atoms with Gasteiger partial charge >= 0.3 is 0 Å². The number of pyridine rings is 1. The second-order valence-corrected chi connectivity index (χ2v) is 5.60. The number of benzene rings is 1. The standard InChI is InChI=1S/C19H21N3O2/c23-19(8-5-16-2-1-9-20-14-16)21-15-17-3-6-18(7-4-17)22-10-12-24-13-11-22/h1-9,14H,10-13,15H2,(H,21,23). The van der Waals surface area contributed by atoms with Crippen molar-refractivity contribution in [3.8, 4) is 0 Å². The zero-order chi connectivity index (χ0) is 16.6. The molecule has 1 aliphatic heterocycles. The zero-order valence-electron chi connectivity index (χ0n) is 13.5. The van der Waals surface area contributed by atoms with Gasteiger partial charge < -0.3 is 15.0 Å². The van der Waals surface area contributed by atoms with Crippen LogP contribution in [0.25, 0.3) is 6.08 Å². The Kier molecular flexibility index (Phi) is 5.58. The van der Waals surface area contributed by atoms with Gasteiger partial charge in [0.2, 0.25) is 5.91 Å². The highest BCUT2D eigenvalue weighted by Crippen LogP contribution is 2.16. The maximum atomic E-state index is 11.9. The Bertz CT molecular complexity index is 678. The summed E-state index contributed by atoms with van der Waals surface area (Å²) in [5.41, 5.74) is 3.18. The number of hydrogen-bond donors (Lipinski definition) is 1. The fraction of sp³-hybridized carbons (Fsp3) is 0.263. The first-order valence-corrected chi connectivity index (χ1v) is 8.09. The Balaban J connectivity index is 1.49. The van der Waals surface area contributed by atoms with Crippen LogP contribution >= 0.6 is 0 Å². The van der Waals surface area contributed by atoms with Crippen molar-refractivity contribution in [2.24, 2.45) is 0 Å². The summed E-state index contributed by atoms with van der Waals surface area (Å²) in [6, 6.07) is 12.0. The van der Waals surface area contributed by atoms with Crippen molar-refractivity contribution >= 4 is 17.7 Å². The first kappa shape index (κ1) is 16.2. The first-order chi connectivity index (χ1) is 11.8. The Morgan fingerprint density at radius 2 is 2.00 bits per heavy atom. The summed E-state index contributed by atoms with van der Waals surface area (Å²) in [5, 5.41) is 2.89. The monoisotopic (exact) mass is 323 g/mol. The lowest BCUT2D eigenvalue weighted by atomic mass is 10.2. The van der Waals surface area contributed by atoms with E-state index in [0.717, 1.165) is 37.4 Å². The molecule has 24 heavy (non-hydrogen) atoms. The normalized spacial score (nSPS) is 14.8. The third kappa shape index (κ3) is 4.67. The van der Waals surface area contributed by atoms with Gasteiger partial charge in [0.15, 0.2) is 0 Å². The number of anilines is 1. The van der Waals surface area contributed by atoms with E-state index in [1.807, 2.05) is 12.1 Å². The van der Waals surface area contributed by atoms with Gasteiger partial charge in [-0.2, -0.15) is 0 Å². The Labute approximate surface area is 142 Å². The topological polar surface area (TPSA) is 54.5 Å². The summed E-state index contributed by atoms with van der Waals surface area (Å²) >= 11 is 0. The van der Waals surface area contributed by atoms with E-state index in [0.29, 0.717) is 6.54 Å². The third-order valence-electron chi connectivity index (χ3n) is 3.89. The van der Waals surface area contributed by atoms with Crippen LogP contribution in [0.3, 0.4) is 0 Å². The molecule has 2 heterocycles. The Morgan fingerprint density at radius 3 is 2.71 bits per heavy atom. The van der Waals surface area contributed by atoms with E-state index >= 15 is 0 Å². The number of nitrogens with zero attached hydrogens (tertiary/aromatic N) is 2. The minimum atomic E-state index is -0.115. The van der Waals surface area contributed by atoms with E-state index in [4.69, 9.17) is 4.74 Å². The molecule has 3 rings (SSSR count). The van der Waals surface area contributed by atoms with E-state index < -0.39 is 0 Å². The molecule has 0 aliphatic carbocycles. The molecule has 0 atom stereocenters. The molecule has 1 aromatic carbocycles. The van der Waals surface area contributed by atoms with Crippen LogP contribution in [0, 0.1) is 0 Å². The average Bonchev–Trinajstić information content (AvgIpc) is 2.67. The molecule has 0 saturated carbocycles. The van der Waals surface area contributed by atoms with Crippen molar-refractivity contribution in [1.82, 2.24) is 10.3 Å². The molecule has 1 fully saturated rings. The second-order valence-electron chi connectivity index (χ2n) is 5.60. The molecule has 124 valence electrons. The van der Waals surface area contributed by atoms with E-state index in [1.54, 1.807) is 18.5 Å². The van der Waals surface area contributed by atoms with Crippen molar-refractivity contribution < 1.29 is 9.53 Å². The molecule has 5 nitrogen and oxygen atoms in total. The van der Waals surface area contributed by atoms with Crippen LogP contribution < -0.4 is 10.2 Å². The zero-order valence-corrected chi connectivity index (χ0v) is 13.5. The minimum absolute atomic E-state index is 0.115. The number of carbonyl (C=O) groups excluding carboxylic acids is 1. The molecule has 0 spiro atoms. The molecular weight excluding hydrogens is 302 g/mol. The van der Waals surface area contributed by atoms with E-state index in [2.05, 4.69) is 39.5 Å². The number of aromatic nitrogens is 1. The van der Waals surface area contributed by atoms with Crippen molar-refractivity contribution in [2.45, 2.75) is 6.54 Å². The van der Waals surface area contributed by atoms with Gasteiger partial charge in [0.1, 0.15) is 0 Å². The highest BCUT2D eigenvalue weighted by atomic mass is 16.5. The molecule has 5 heteroatoms. The number of carbonyl (C=O) groups is 1. The van der Waals surface area contributed by atoms with Crippen LogP contribution in [0.15, 0.2) is 54.9 Å². The molecule has 1 aromatic heterocycles. The number of hydrogen-bond acceptors (Lipinski definition) is 4. The molecule has 1 saturated heterocycles. The lowest BCUT2D eigenvalue weighted by molar-refractivity contribution is -0.116. The van der Waals surface area contributed by atoms with Crippen LogP contribution in [-0.4, -0.2) is 37.2 Å². The van der Waals surface area contributed by atoms with Crippen molar-refractivity contribution in [1.29, 1.82) is 0 Å². The summed E-state index contributed by atoms with van der Waals surface area (Å²) < 4.78 is 5.37. The van der Waals surface area contributed by atoms with E-state index in [9.17, 15) is 4.79 Å². The Morgan fingerprint density at radius 1 is 1.21 bits per heavy atom. The number of nitrogens with one attached hydrogen (secondary N) is 1. The number of amides is 1.